The van der Waals surface area contributed by atoms with Crippen LogP contribution in [0.15, 0.2) is 0 Å². The van der Waals surface area contributed by atoms with E-state index < -0.39 is 5.60 Å². The van der Waals surface area contributed by atoms with Gasteiger partial charge in [-0.2, -0.15) is 0 Å². The van der Waals surface area contributed by atoms with Crippen LogP contribution in [0.25, 0.3) is 0 Å². The van der Waals surface area contributed by atoms with Crippen molar-refractivity contribution in [1.82, 2.24) is 10.2 Å². The van der Waals surface area contributed by atoms with Gasteiger partial charge in [-0.05, 0) is 20.8 Å². The van der Waals surface area contributed by atoms with E-state index in [1.54, 1.807) is 4.90 Å². The highest BCUT2D eigenvalue weighted by molar-refractivity contribution is 5.69. The smallest absolute Gasteiger partial charge is 0.410 e. The Balaban J connectivity index is 1.80. The largest absolute Gasteiger partial charge is 0.444 e. The lowest BCUT2D eigenvalue weighted by atomic mass is 10.2. The number of nitrogens with zero attached hydrogens (tertiary/aromatic N) is 1. The van der Waals surface area contributed by atoms with E-state index in [1.807, 2.05) is 20.8 Å². The van der Waals surface area contributed by atoms with E-state index in [0.717, 1.165) is 6.41 Å². The van der Waals surface area contributed by atoms with Crippen LogP contribution in [0.3, 0.4) is 0 Å². The van der Waals surface area contributed by atoms with E-state index >= 15 is 0 Å². The maximum Gasteiger partial charge on any atom is 0.410 e. The second kappa shape index (κ2) is 3.64. The summed E-state index contributed by atoms with van der Waals surface area (Å²) >= 11 is 0. The van der Waals surface area contributed by atoms with E-state index in [-0.39, 0.29) is 12.1 Å². The minimum absolute atomic E-state index is 0.246. The van der Waals surface area contributed by atoms with Crippen LogP contribution in [0.5, 0.6) is 0 Å². The standard InChI is InChI=1S/C11H18N2O3/c1-11(2,3)16-10(15)13-4-7-8(5-13)9(7)12-6-14/h6-9H,4-5H2,1-3H3,(H,12,14). The maximum atomic E-state index is 11.7. The number of carbonyl (C=O) groups is 2. The number of amides is 2. The summed E-state index contributed by atoms with van der Waals surface area (Å²) in [6, 6.07) is 0.274. The molecule has 0 bridgehead atoms. The molecule has 1 saturated carbocycles. The van der Waals surface area contributed by atoms with Crippen molar-refractivity contribution in [2.75, 3.05) is 13.1 Å². The first kappa shape index (κ1) is 11.2. The molecule has 0 spiro atoms. The molecular weight excluding hydrogens is 208 g/mol. The number of piperidine rings is 1. The quantitative estimate of drug-likeness (QED) is 0.701. The van der Waals surface area contributed by atoms with E-state index in [1.165, 1.54) is 0 Å². The van der Waals surface area contributed by atoms with Crippen molar-refractivity contribution in [3.63, 3.8) is 0 Å². The van der Waals surface area contributed by atoms with Gasteiger partial charge >= 0.3 is 6.09 Å². The highest BCUT2D eigenvalue weighted by atomic mass is 16.6. The summed E-state index contributed by atoms with van der Waals surface area (Å²) in [4.78, 5) is 23.7. The van der Waals surface area contributed by atoms with Gasteiger partial charge in [-0.25, -0.2) is 4.79 Å². The fourth-order valence-electron chi connectivity index (χ4n) is 2.33. The van der Waals surface area contributed by atoms with Gasteiger partial charge in [-0.15, -0.1) is 0 Å². The molecule has 0 aromatic rings. The lowest BCUT2D eigenvalue weighted by molar-refractivity contribution is -0.109. The van der Waals surface area contributed by atoms with Crippen LogP contribution in [0.2, 0.25) is 0 Å². The molecule has 2 fully saturated rings. The van der Waals surface area contributed by atoms with Gasteiger partial charge in [-0.3, -0.25) is 4.79 Å². The summed E-state index contributed by atoms with van der Waals surface area (Å²) in [6.45, 7) is 6.98. The van der Waals surface area contributed by atoms with Crippen molar-refractivity contribution in [2.45, 2.75) is 32.4 Å². The number of fused-ring (bicyclic) bond motifs is 1. The summed E-state index contributed by atoms with van der Waals surface area (Å²) in [5.74, 6) is 0.857. The maximum absolute atomic E-state index is 11.7. The first-order chi connectivity index (χ1) is 7.42. The third-order valence-corrected chi connectivity index (χ3v) is 3.11. The predicted octanol–water partition coefficient (Wildman–Crippen LogP) is 0.598. The number of hydrogen-bond acceptors (Lipinski definition) is 3. The Hall–Kier alpha value is -1.26. The predicted molar refractivity (Wildman–Crippen MR) is 57.8 cm³/mol. The van der Waals surface area contributed by atoms with E-state index in [4.69, 9.17) is 4.74 Å². The number of ether oxygens (including phenoxy) is 1. The minimum Gasteiger partial charge on any atom is -0.444 e. The van der Waals surface area contributed by atoms with Crippen LogP contribution in [0, 0.1) is 11.8 Å². The summed E-state index contributed by atoms with van der Waals surface area (Å²) in [5, 5.41) is 2.77. The molecule has 1 N–H and O–H groups in total. The molecule has 2 unspecified atom stereocenters. The Bertz CT molecular complexity index is 299. The van der Waals surface area contributed by atoms with Crippen LogP contribution < -0.4 is 5.32 Å². The average molecular weight is 226 g/mol. The Kier molecular flexibility index (Phi) is 2.56. The fourth-order valence-corrected chi connectivity index (χ4v) is 2.33. The van der Waals surface area contributed by atoms with Gasteiger partial charge in [0.05, 0.1) is 0 Å². The topological polar surface area (TPSA) is 58.6 Å². The molecule has 90 valence electrons. The number of hydrogen-bond donors (Lipinski definition) is 1. The van der Waals surface area contributed by atoms with Gasteiger partial charge in [0.2, 0.25) is 6.41 Å². The highest BCUT2D eigenvalue weighted by Crippen LogP contribution is 2.45. The highest BCUT2D eigenvalue weighted by Gasteiger charge is 2.57. The Morgan fingerprint density at radius 1 is 1.38 bits per heavy atom. The molecule has 1 saturated heterocycles. The molecule has 2 aliphatic rings. The van der Waals surface area contributed by atoms with Crippen molar-refractivity contribution in [1.29, 1.82) is 0 Å². The summed E-state index contributed by atoms with van der Waals surface area (Å²) < 4.78 is 5.28. The first-order valence-electron chi connectivity index (χ1n) is 5.60. The van der Waals surface area contributed by atoms with Crippen LogP contribution in [0.4, 0.5) is 4.79 Å². The second-order valence-corrected chi connectivity index (χ2v) is 5.52. The SMILES string of the molecule is CC(C)(C)OC(=O)N1CC2C(C1)C2NC=O. The zero-order valence-electron chi connectivity index (χ0n) is 9.90. The normalized spacial score (nSPS) is 31.9. The lowest BCUT2D eigenvalue weighted by Crippen LogP contribution is -2.39. The minimum atomic E-state index is -0.440. The Morgan fingerprint density at radius 2 is 1.94 bits per heavy atom. The zero-order valence-corrected chi connectivity index (χ0v) is 9.90. The first-order valence-corrected chi connectivity index (χ1v) is 5.60. The number of nitrogens with one attached hydrogen (secondary N) is 1. The number of rotatable bonds is 2. The van der Waals surface area contributed by atoms with Crippen LogP contribution in [0.1, 0.15) is 20.8 Å². The molecule has 0 radical (unpaired) electrons. The average Bonchev–Trinajstić information content (AvgIpc) is 2.60. The van der Waals surface area contributed by atoms with Crippen LogP contribution >= 0.6 is 0 Å². The summed E-state index contributed by atoms with van der Waals surface area (Å²) in [7, 11) is 0. The monoisotopic (exact) mass is 226 g/mol. The molecule has 1 heterocycles. The zero-order chi connectivity index (χ0) is 11.9. The van der Waals surface area contributed by atoms with Gasteiger partial charge in [0.15, 0.2) is 0 Å². The molecule has 0 aromatic carbocycles. The number of carbonyl (C=O) groups excluding carboxylic acids is 2. The second-order valence-electron chi connectivity index (χ2n) is 5.52. The molecule has 1 aliphatic heterocycles. The molecule has 1 aliphatic carbocycles. The van der Waals surface area contributed by atoms with Gasteiger partial charge < -0.3 is 15.0 Å². The summed E-state index contributed by atoms with van der Waals surface area (Å²) in [5.41, 5.74) is -0.440. The third kappa shape index (κ3) is 2.13. The van der Waals surface area contributed by atoms with E-state index in [0.29, 0.717) is 24.9 Å². The van der Waals surface area contributed by atoms with Gasteiger partial charge in [0, 0.05) is 31.0 Å². The van der Waals surface area contributed by atoms with Crippen molar-refractivity contribution in [3.05, 3.63) is 0 Å². The molecule has 5 nitrogen and oxygen atoms in total. The number of likely N-dealkylation sites (tertiary alicyclic amines) is 1. The molecule has 2 amide bonds. The van der Waals surface area contributed by atoms with E-state index in [2.05, 4.69) is 5.32 Å². The van der Waals surface area contributed by atoms with Crippen LogP contribution in [-0.4, -0.2) is 42.1 Å². The van der Waals surface area contributed by atoms with Crippen LogP contribution in [-0.2, 0) is 9.53 Å². The Labute approximate surface area is 95.1 Å². The third-order valence-electron chi connectivity index (χ3n) is 3.11. The van der Waals surface area contributed by atoms with Crippen molar-refractivity contribution >= 4 is 12.5 Å². The molecular formula is C11H18N2O3. The molecule has 0 aromatic heterocycles. The fraction of sp³-hybridized carbons (Fsp3) is 0.818. The molecule has 2 atom stereocenters. The van der Waals surface area contributed by atoms with Crippen molar-refractivity contribution < 1.29 is 14.3 Å². The molecule has 16 heavy (non-hydrogen) atoms. The lowest BCUT2D eigenvalue weighted by Gasteiger charge is -2.25. The Morgan fingerprint density at radius 3 is 2.38 bits per heavy atom. The van der Waals surface area contributed by atoms with Crippen molar-refractivity contribution in [3.8, 4) is 0 Å². The molecule has 5 heteroatoms. The van der Waals surface area contributed by atoms with E-state index in [9.17, 15) is 9.59 Å². The van der Waals surface area contributed by atoms with Crippen molar-refractivity contribution in [2.24, 2.45) is 11.8 Å². The summed E-state index contributed by atoms with van der Waals surface area (Å²) in [6.07, 6.45) is 0.491. The van der Waals surface area contributed by atoms with Gasteiger partial charge in [-0.1, -0.05) is 0 Å². The van der Waals surface area contributed by atoms with Gasteiger partial charge in [0.25, 0.3) is 0 Å². The van der Waals surface area contributed by atoms with Gasteiger partial charge in [0.1, 0.15) is 5.60 Å². The molecule has 2 rings (SSSR count).